The van der Waals surface area contributed by atoms with E-state index in [0.29, 0.717) is 13.1 Å². The van der Waals surface area contributed by atoms with Crippen molar-refractivity contribution in [2.45, 2.75) is 25.3 Å². The Labute approximate surface area is 178 Å². The van der Waals surface area contributed by atoms with Crippen LogP contribution in [-0.2, 0) is 4.79 Å². The molecule has 4 rings (SSSR count). The van der Waals surface area contributed by atoms with Crippen molar-refractivity contribution >= 4 is 11.5 Å². The molecule has 30 heavy (non-hydrogen) atoms. The molecule has 2 aromatic rings. The lowest BCUT2D eigenvalue weighted by Crippen LogP contribution is -3.11. The number of amides is 1. The van der Waals surface area contributed by atoms with E-state index in [-0.39, 0.29) is 11.9 Å². The van der Waals surface area contributed by atoms with Crippen molar-refractivity contribution < 1.29 is 19.2 Å². The van der Waals surface area contributed by atoms with E-state index in [4.69, 9.17) is 9.47 Å². The molecule has 2 atom stereocenters. The summed E-state index contributed by atoms with van der Waals surface area (Å²) < 4.78 is 11.0. The summed E-state index contributed by atoms with van der Waals surface area (Å²) in [5, 5.41) is 0. The van der Waals surface area contributed by atoms with Gasteiger partial charge in [-0.15, -0.1) is 0 Å². The van der Waals surface area contributed by atoms with E-state index in [1.165, 1.54) is 16.0 Å². The average molecular weight is 408 g/mol. The minimum atomic E-state index is 0.238. The number of carbonyl (C=O) groups excluding carboxylic acids is 1. The third-order valence-electron chi connectivity index (χ3n) is 6.38. The fourth-order valence-electron chi connectivity index (χ4n) is 4.73. The molecular formula is C25H31N2O3+. The Morgan fingerprint density at radius 1 is 1.13 bits per heavy atom. The maximum atomic E-state index is 13.1. The zero-order valence-corrected chi connectivity index (χ0v) is 17.9. The number of nitrogens with zero attached hydrogens (tertiary/aromatic N) is 1. The third kappa shape index (κ3) is 4.36. The number of hydrogen-bond acceptors (Lipinski definition) is 3. The molecule has 2 aliphatic heterocycles. The highest BCUT2D eigenvalue weighted by molar-refractivity contribution is 5.79. The average Bonchev–Trinajstić information content (AvgIpc) is 3.27. The predicted octanol–water partition coefficient (Wildman–Crippen LogP) is 2.74. The first-order valence-corrected chi connectivity index (χ1v) is 10.8. The van der Waals surface area contributed by atoms with Crippen LogP contribution in [0.3, 0.4) is 0 Å². The minimum Gasteiger partial charge on any atom is -0.497 e. The SMILES string of the molecule is COc1ccc(OC)c([C@H]2CCC[NH+]2CC(=O)N2CC=C(c3ccccc3)CC2)c1. The lowest BCUT2D eigenvalue weighted by Gasteiger charge is -2.29. The number of nitrogens with one attached hydrogen (secondary N) is 1. The van der Waals surface area contributed by atoms with Gasteiger partial charge in [-0.3, -0.25) is 4.79 Å². The first-order chi connectivity index (χ1) is 14.7. The summed E-state index contributed by atoms with van der Waals surface area (Å²) in [6, 6.07) is 16.7. The van der Waals surface area contributed by atoms with Gasteiger partial charge in [0.1, 0.15) is 17.5 Å². The standard InChI is InChI=1S/C25H30N2O3/c1-29-21-10-11-24(30-2)22(17-21)23-9-6-14-27(23)18-25(28)26-15-12-20(13-16-26)19-7-4-3-5-8-19/h3-5,7-8,10-12,17,23H,6,9,13-16,18H2,1-2H3/p+1/t23-/m1/s1. The van der Waals surface area contributed by atoms with Gasteiger partial charge < -0.3 is 19.3 Å². The lowest BCUT2D eigenvalue weighted by molar-refractivity contribution is -0.910. The van der Waals surface area contributed by atoms with E-state index in [9.17, 15) is 4.79 Å². The summed E-state index contributed by atoms with van der Waals surface area (Å²) in [6.07, 6.45) is 5.30. The second kappa shape index (κ2) is 9.35. The molecule has 158 valence electrons. The first kappa shape index (κ1) is 20.5. The van der Waals surface area contributed by atoms with Crippen LogP contribution in [0.15, 0.2) is 54.6 Å². The maximum Gasteiger partial charge on any atom is 0.278 e. The molecule has 1 amide bonds. The van der Waals surface area contributed by atoms with Gasteiger partial charge in [-0.1, -0.05) is 36.4 Å². The smallest absolute Gasteiger partial charge is 0.278 e. The van der Waals surface area contributed by atoms with Gasteiger partial charge in [0, 0.05) is 25.9 Å². The molecule has 0 radical (unpaired) electrons. The summed E-state index contributed by atoms with van der Waals surface area (Å²) in [6.45, 7) is 3.03. The number of quaternary nitrogens is 1. The van der Waals surface area contributed by atoms with Gasteiger partial charge in [-0.05, 0) is 35.8 Å². The molecule has 1 saturated heterocycles. The van der Waals surface area contributed by atoms with Gasteiger partial charge in [0.15, 0.2) is 6.54 Å². The van der Waals surface area contributed by atoms with Crippen molar-refractivity contribution in [2.24, 2.45) is 0 Å². The summed E-state index contributed by atoms with van der Waals surface area (Å²) >= 11 is 0. The largest absolute Gasteiger partial charge is 0.497 e. The van der Waals surface area contributed by atoms with E-state index in [0.717, 1.165) is 49.4 Å². The van der Waals surface area contributed by atoms with Crippen LogP contribution in [0, 0.1) is 0 Å². The number of rotatable bonds is 6. The number of methoxy groups -OCH3 is 2. The van der Waals surface area contributed by atoms with Gasteiger partial charge in [-0.25, -0.2) is 0 Å². The predicted molar refractivity (Wildman–Crippen MR) is 118 cm³/mol. The Balaban J connectivity index is 1.43. The van der Waals surface area contributed by atoms with E-state index >= 15 is 0 Å². The molecule has 5 heteroatoms. The molecule has 0 aliphatic carbocycles. The molecule has 2 aliphatic rings. The summed E-state index contributed by atoms with van der Waals surface area (Å²) in [5.41, 5.74) is 3.74. The van der Waals surface area contributed by atoms with Crippen LogP contribution in [0.1, 0.15) is 36.4 Å². The molecule has 0 aromatic heterocycles. The van der Waals surface area contributed by atoms with E-state index < -0.39 is 0 Å². The highest BCUT2D eigenvalue weighted by Gasteiger charge is 2.35. The van der Waals surface area contributed by atoms with Crippen molar-refractivity contribution in [2.75, 3.05) is 40.4 Å². The summed E-state index contributed by atoms with van der Waals surface area (Å²) in [4.78, 5) is 16.4. The Morgan fingerprint density at radius 2 is 1.97 bits per heavy atom. The second-order valence-electron chi connectivity index (χ2n) is 8.07. The first-order valence-electron chi connectivity index (χ1n) is 10.8. The monoisotopic (exact) mass is 407 g/mol. The van der Waals surface area contributed by atoms with Gasteiger partial charge in [0.05, 0.1) is 26.3 Å². The molecule has 1 N–H and O–H groups in total. The zero-order chi connectivity index (χ0) is 20.9. The number of benzene rings is 2. The van der Waals surface area contributed by atoms with Crippen LogP contribution in [0.4, 0.5) is 0 Å². The molecule has 2 heterocycles. The Hall–Kier alpha value is -2.79. The van der Waals surface area contributed by atoms with Crippen LogP contribution in [0.5, 0.6) is 11.5 Å². The summed E-state index contributed by atoms with van der Waals surface area (Å²) in [7, 11) is 3.39. The topological polar surface area (TPSA) is 43.2 Å². The van der Waals surface area contributed by atoms with Crippen LogP contribution in [0.25, 0.3) is 5.57 Å². The quantitative estimate of drug-likeness (QED) is 0.801. The molecule has 1 fully saturated rings. The van der Waals surface area contributed by atoms with Crippen molar-refractivity contribution in [1.29, 1.82) is 0 Å². The van der Waals surface area contributed by atoms with Crippen molar-refractivity contribution in [3.63, 3.8) is 0 Å². The highest BCUT2D eigenvalue weighted by atomic mass is 16.5. The fourth-order valence-corrected chi connectivity index (χ4v) is 4.73. The second-order valence-corrected chi connectivity index (χ2v) is 8.07. The molecule has 0 saturated carbocycles. The van der Waals surface area contributed by atoms with Gasteiger partial charge in [0.25, 0.3) is 5.91 Å². The van der Waals surface area contributed by atoms with Crippen LogP contribution < -0.4 is 14.4 Å². The van der Waals surface area contributed by atoms with Crippen molar-refractivity contribution in [3.8, 4) is 11.5 Å². The molecule has 2 aromatic carbocycles. The Bertz CT molecular complexity index is 910. The number of likely N-dealkylation sites (tertiary alicyclic amines) is 1. The normalized spacial score (nSPS) is 21.3. The van der Waals surface area contributed by atoms with Gasteiger partial charge >= 0.3 is 0 Å². The van der Waals surface area contributed by atoms with Crippen LogP contribution in [-0.4, -0.2) is 51.2 Å². The molecule has 0 spiro atoms. The number of ether oxygens (including phenoxy) is 2. The lowest BCUT2D eigenvalue weighted by atomic mass is 9.99. The van der Waals surface area contributed by atoms with Crippen molar-refractivity contribution in [3.05, 3.63) is 65.7 Å². The third-order valence-corrected chi connectivity index (χ3v) is 6.38. The molecule has 0 bridgehead atoms. The minimum absolute atomic E-state index is 0.238. The molecule has 1 unspecified atom stereocenters. The van der Waals surface area contributed by atoms with Crippen LogP contribution >= 0.6 is 0 Å². The Kier molecular flexibility index (Phi) is 6.38. The molecule has 5 nitrogen and oxygen atoms in total. The maximum absolute atomic E-state index is 13.1. The number of carbonyl (C=O) groups is 1. The van der Waals surface area contributed by atoms with Crippen LogP contribution in [0.2, 0.25) is 0 Å². The van der Waals surface area contributed by atoms with Gasteiger partial charge in [0.2, 0.25) is 0 Å². The highest BCUT2D eigenvalue weighted by Crippen LogP contribution is 2.31. The van der Waals surface area contributed by atoms with Gasteiger partial charge in [-0.2, -0.15) is 0 Å². The van der Waals surface area contributed by atoms with E-state index in [1.54, 1.807) is 14.2 Å². The molecular weight excluding hydrogens is 376 g/mol. The fraction of sp³-hybridized carbons (Fsp3) is 0.400. The van der Waals surface area contributed by atoms with E-state index in [2.05, 4.69) is 36.4 Å². The van der Waals surface area contributed by atoms with Crippen molar-refractivity contribution in [1.82, 2.24) is 4.90 Å². The zero-order valence-electron chi connectivity index (χ0n) is 17.9. The van der Waals surface area contributed by atoms with E-state index in [1.807, 2.05) is 23.1 Å². The summed E-state index contributed by atoms with van der Waals surface area (Å²) in [5.74, 6) is 1.95. The number of hydrogen-bond donors (Lipinski definition) is 1. The Morgan fingerprint density at radius 3 is 2.67 bits per heavy atom.